The van der Waals surface area contributed by atoms with Crippen LogP contribution in [0, 0.1) is 6.92 Å². The molecule has 2 amide bonds. The van der Waals surface area contributed by atoms with Crippen LogP contribution in [0.25, 0.3) is 16.9 Å². The Morgan fingerprint density at radius 2 is 2.03 bits per heavy atom. The fraction of sp³-hybridized carbons (Fsp3) is 0.208. The first-order chi connectivity index (χ1) is 16.0. The van der Waals surface area contributed by atoms with Crippen LogP contribution in [0.2, 0.25) is 0 Å². The number of para-hydroxylation sites is 1. The lowest BCUT2D eigenvalue weighted by molar-refractivity contribution is 0.0850. The normalized spacial score (nSPS) is 15.2. The molecule has 168 valence electrons. The van der Waals surface area contributed by atoms with Gasteiger partial charge in [-0.3, -0.25) is 10.00 Å². The molecule has 0 spiro atoms. The molecule has 1 unspecified atom stereocenters. The molecule has 0 aliphatic carbocycles. The number of carbonyl (C=O) groups excluding carboxylic acids is 1. The number of amides is 2. The number of rotatable bonds is 4. The van der Waals surface area contributed by atoms with Crippen LogP contribution in [-0.2, 0) is 18.4 Å². The monoisotopic (exact) mass is 506 g/mol. The second-order valence-electron chi connectivity index (χ2n) is 7.98. The molecule has 1 aliphatic heterocycles. The summed E-state index contributed by atoms with van der Waals surface area (Å²) in [6.45, 7) is 2.89. The number of nitrogens with zero attached hydrogens (tertiary/aromatic N) is 4. The van der Waals surface area contributed by atoms with Crippen molar-refractivity contribution in [3.8, 4) is 16.9 Å². The summed E-state index contributed by atoms with van der Waals surface area (Å²) in [5.41, 5.74) is 5.46. The van der Waals surface area contributed by atoms with E-state index >= 15 is 0 Å². The Balaban J connectivity index is 1.46. The summed E-state index contributed by atoms with van der Waals surface area (Å²) in [5, 5.41) is 15.1. The molecule has 0 radical (unpaired) electrons. The van der Waals surface area contributed by atoms with E-state index in [2.05, 4.69) is 31.7 Å². The molecule has 0 saturated heterocycles. The van der Waals surface area contributed by atoms with Gasteiger partial charge in [0.1, 0.15) is 11.5 Å². The van der Waals surface area contributed by atoms with E-state index in [9.17, 15) is 4.79 Å². The van der Waals surface area contributed by atoms with Crippen LogP contribution in [-0.4, -0.2) is 32.2 Å². The van der Waals surface area contributed by atoms with Crippen molar-refractivity contribution in [2.24, 2.45) is 7.05 Å². The summed E-state index contributed by atoms with van der Waals surface area (Å²) in [5.74, 6) is 0.601. The smallest absolute Gasteiger partial charge is 0.320 e. The lowest BCUT2D eigenvalue weighted by Crippen LogP contribution is -2.37. The van der Waals surface area contributed by atoms with Gasteiger partial charge >= 0.3 is 6.03 Å². The summed E-state index contributed by atoms with van der Waals surface area (Å²) in [6, 6.07) is 15.2. The summed E-state index contributed by atoms with van der Waals surface area (Å²) < 4.78 is 10.1. The van der Waals surface area contributed by atoms with Crippen LogP contribution >= 0.6 is 15.9 Å². The maximum atomic E-state index is 13.1. The summed E-state index contributed by atoms with van der Waals surface area (Å²) in [6.07, 6.45) is 3.67. The molecule has 8 nitrogen and oxygen atoms in total. The van der Waals surface area contributed by atoms with E-state index in [1.54, 1.807) is 15.6 Å². The second kappa shape index (κ2) is 8.84. The maximum Gasteiger partial charge on any atom is 0.320 e. The SMILES string of the molecule is Cc1c(-c2cnn(C)c2)nn(-c2ccccc2)c1NC(=O)NC1COCc2ccc(Br)cc21. The average molecular weight is 507 g/mol. The highest BCUT2D eigenvalue weighted by atomic mass is 79.9. The Kier molecular flexibility index (Phi) is 5.74. The third-order valence-corrected chi connectivity index (χ3v) is 6.16. The fourth-order valence-electron chi connectivity index (χ4n) is 4.04. The summed E-state index contributed by atoms with van der Waals surface area (Å²) >= 11 is 3.52. The van der Waals surface area contributed by atoms with E-state index in [1.807, 2.05) is 68.7 Å². The zero-order valence-corrected chi connectivity index (χ0v) is 19.8. The number of nitrogens with one attached hydrogen (secondary N) is 2. The fourth-order valence-corrected chi connectivity index (χ4v) is 4.41. The number of hydrogen-bond acceptors (Lipinski definition) is 4. The van der Waals surface area contributed by atoms with Gasteiger partial charge in [0, 0.05) is 28.8 Å². The third-order valence-electron chi connectivity index (χ3n) is 5.66. The van der Waals surface area contributed by atoms with Crippen LogP contribution in [0.1, 0.15) is 22.7 Å². The van der Waals surface area contributed by atoms with Gasteiger partial charge in [-0.2, -0.15) is 10.2 Å². The summed E-state index contributed by atoms with van der Waals surface area (Å²) in [7, 11) is 1.86. The van der Waals surface area contributed by atoms with Gasteiger partial charge in [0.2, 0.25) is 0 Å². The molecular weight excluding hydrogens is 484 g/mol. The number of hydrogen-bond donors (Lipinski definition) is 2. The highest BCUT2D eigenvalue weighted by Gasteiger charge is 2.25. The minimum atomic E-state index is -0.325. The predicted molar refractivity (Wildman–Crippen MR) is 129 cm³/mol. The van der Waals surface area contributed by atoms with Crippen molar-refractivity contribution in [3.63, 3.8) is 0 Å². The third kappa shape index (κ3) is 4.29. The van der Waals surface area contributed by atoms with Crippen molar-refractivity contribution in [2.75, 3.05) is 11.9 Å². The number of fused-ring (bicyclic) bond motifs is 1. The quantitative estimate of drug-likeness (QED) is 0.418. The molecule has 2 aromatic carbocycles. The van der Waals surface area contributed by atoms with Crippen LogP contribution in [0.15, 0.2) is 65.4 Å². The van der Waals surface area contributed by atoms with Crippen molar-refractivity contribution < 1.29 is 9.53 Å². The van der Waals surface area contributed by atoms with Gasteiger partial charge in [-0.1, -0.05) is 40.2 Å². The van der Waals surface area contributed by atoms with Crippen molar-refractivity contribution in [3.05, 3.63) is 82.1 Å². The largest absolute Gasteiger partial charge is 0.374 e. The Morgan fingerprint density at radius 1 is 1.21 bits per heavy atom. The van der Waals surface area contributed by atoms with E-state index in [1.165, 1.54) is 0 Å². The van der Waals surface area contributed by atoms with Gasteiger partial charge in [-0.25, -0.2) is 9.48 Å². The van der Waals surface area contributed by atoms with Gasteiger partial charge in [-0.15, -0.1) is 0 Å². The highest BCUT2D eigenvalue weighted by Crippen LogP contribution is 2.31. The van der Waals surface area contributed by atoms with E-state index in [4.69, 9.17) is 9.84 Å². The number of ether oxygens (including phenoxy) is 1. The van der Waals surface area contributed by atoms with Crippen molar-refractivity contribution in [2.45, 2.75) is 19.6 Å². The van der Waals surface area contributed by atoms with E-state index < -0.39 is 0 Å². The Hall–Kier alpha value is -3.43. The molecule has 4 aromatic rings. The molecule has 3 heterocycles. The first-order valence-corrected chi connectivity index (χ1v) is 11.4. The lowest BCUT2D eigenvalue weighted by Gasteiger charge is -2.27. The van der Waals surface area contributed by atoms with Crippen LogP contribution < -0.4 is 10.6 Å². The molecule has 9 heteroatoms. The molecule has 1 atom stereocenters. The van der Waals surface area contributed by atoms with Gasteiger partial charge in [-0.05, 0) is 42.3 Å². The minimum Gasteiger partial charge on any atom is -0.374 e. The number of urea groups is 1. The molecule has 2 N–H and O–H groups in total. The number of halogens is 1. The molecule has 0 saturated carbocycles. The Labute approximate surface area is 199 Å². The molecule has 2 aromatic heterocycles. The first kappa shape index (κ1) is 21.4. The Bertz CT molecular complexity index is 1310. The van der Waals surface area contributed by atoms with Crippen LogP contribution in [0.5, 0.6) is 0 Å². The first-order valence-electron chi connectivity index (χ1n) is 10.6. The van der Waals surface area contributed by atoms with Gasteiger partial charge in [0.05, 0.1) is 31.1 Å². The second-order valence-corrected chi connectivity index (χ2v) is 8.90. The molecule has 1 aliphatic rings. The van der Waals surface area contributed by atoms with E-state index in [0.29, 0.717) is 19.0 Å². The number of aryl methyl sites for hydroxylation is 1. The maximum absolute atomic E-state index is 13.1. The lowest BCUT2D eigenvalue weighted by atomic mass is 9.99. The molecule has 0 fully saturated rings. The van der Waals surface area contributed by atoms with Crippen LogP contribution in [0.4, 0.5) is 10.6 Å². The van der Waals surface area contributed by atoms with Crippen molar-refractivity contribution in [1.29, 1.82) is 0 Å². The number of anilines is 1. The predicted octanol–water partition coefficient (Wildman–Crippen LogP) is 4.74. The van der Waals surface area contributed by atoms with Gasteiger partial charge < -0.3 is 10.1 Å². The van der Waals surface area contributed by atoms with E-state index in [0.717, 1.165) is 38.1 Å². The molecular formula is C24H23BrN6O2. The zero-order chi connectivity index (χ0) is 22.9. The van der Waals surface area contributed by atoms with Crippen LogP contribution in [0.3, 0.4) is 0 Å². The Morgan fingerprint density at radius 3 is 2.79 bits per heavy atom. The van der Waals surface area contributed by atoms with Gasteiger partial charge in [0.25, 0.3) is 0 Å². The average Bonchev–Trinajstić information content (AvgIpc) is 3.38. The van der Waals surface area contributed by atoms with Crippen molar-refractivity contribution in [1.82, 2.24) is 24.9 Å². The number of carbonyl (C=O) groups is 1. The number of aromatic nitrogens is 4. The molecule has 33 heavy (non-hydrogen) atoms. The minimum absolute atomic E-state index is 0.252. The number of benzene rings is 2. The molecule has 0 bridgehead atoms. The summed E-state index contributed by atoms with van der Waals surface area (Å²) in [4.78, 5) is 13.1. The van der Waals surface area contributed by atoms with Gasteiger partial charge in [0.15, 0.2) is 0 Å². The van der Waals surface area contributed by atoms with E-state index in [-0.39, 0.29) is 12.1 Å². The molecule has 5 rings (SSSR count). The highest BCUT2D eigenvalue weighted by molar-refractivity contribution is 9.10. The topological polar surface area (TPSA) is 86.0 Å². The zero-order valence-electron chi connectivity index (χ0n) is 18.2. The standard InChI is InChI=1S/C24H23BrN6O2/c1-15-22(17-11-26-30(2)12-17)29-31(19-6-4-3-5-7-19)23(15)28-24(32)27-21-14-33-13-16-8-9-18(25)10-20(16)21/h3-12,21H,13-14H2,1-2H3,(H2,27,28,32). The van der Waals surface area contributed by atoms with Crippen molar-refractivity contribution >= 4 is 27.8 Å².